The van der Waals surface area contributed by atoms with Gasteiger partial charge in [0.1, 0.15) is 31.0 Å². The highest BCUT2D eigenvalue weighted by Gasteiger charge is 2.58. The molecule has 17 heteroatoms. The van der Waals surface area contributed by atoms with Crippen molar-refractivity contribution in [3.05, 3.63) is 40.8 Å². The summed E-state index contributed by atoms with van der Waals surface area (Å²) in [5.74, 6) is -4.11. The molecule has 0 N–H and O–H groups in total. The van der Waals surface area contributed by atoms with E-state index in [1.54, 1.807) is 24.3 Å². The molecular weight excluding hydrogens is 618 g/mol. The lowest BCUT2D eigenvalue weighted by Gasteiger charge is -2.50. The maximum atomic E-state index is 12.3. The SMILES string of the molecule is CC(=O)OC1OC(CN=O)C(OC2OC3COC(c4ccccc4)OC3C(OC(C)=O)C2OC(C)=O)C(OC(C)=O)C1OC(C)=O. The van der Waals surface area contributed by atoms with E-state index >= 15 is 0 Å². The Morgan fingerprint density at radius 1 is 0.674 bits per heavy atom. The molecule has 0 aromatic heterocycles. The average Bonchev–Trinajstić information content (AvgIpc) is 2.97. The van der Waals surface area contributed by atoms with E-state index in [1.165, 1.54) is 0 Å². The molecule has 17 nitrogen and oxygen atoms in total. The van der Waals surface area contributed by atoms with Crippen LogP contribution in [0.2, 0.25) is 0 Å². The Balaban J connectivity index is 1.72. The minimum absolute atomic E-state index is 0.0902. The van der Waals surface area contributed by atoms with Crippen LogP contribution in [-0.2, 0) is 71.3 Å². The van der Waals surface area contributed by atoms with Gasteiger partial charge in [-0.15, -0.1) is 0 Å². The minimum Gasteiger partial charge on any atom is -0.455 e. The number of hydrogen-bond donors (Lipinski definition) is 0. The van der Waals surface area contributed by atoms with Crippen LogP contribution in [0.5, 0.6) is 0 Å². The fraction of sp³-hybridized carbons (Fsp3) is 0.621. The van der Waals surface area contributed by atoms with Crippen molar-refractivity contribution in [1.82, 2.24) is 0 Å². The van der Waals surface area contributed by atoms with Crippen LogP contribution < -0.4 is 0 Å². The molecule has 3 aliphatic heterocycles. The maximum absolute atomic E-state index is 12.3. The number of carbonyl (C=O) groups excluding carboxylic acids is 5. The molecule has 3 heterocycles. The van der Waals surface area contributed by atoms with Gasteiger partial charge in [-0.25, -0.2) is 0 Å². The quantitative estimate of drug-likeness (QED) is 0.196. The molecule has 252 valence electrons. The van der Waals surface area contributed by atoms with E-state index < -0.39 is 104 Å². The van der Waals surface area contributed by atoms with Crippen molar-refractivity contribution in [3.63, 3.8) is 0 Å². The van der Waals surface area contributed by atoms with Crippen molar-refractivity contribution in [3.8, 4) is 0 Å². The summed E-state index contributed by atoms with van der Waals surface area (Å²) in [4.78, 5) is 72.3. The van der Waals surface area contributed by atoms with Crippen molar-refractivity contribution in [2.75, 3.05) is 13.2 Å². The molecule has 46 heavy (non-hydrogen) atoms. The Labute approximate surface area is 262 Å². The van der Waals surface area contributed by atoms with Gasteiger partial charge in [0.2, 0.25) is 12.4 Å². The highest BCUT2D eigenvalue weighted by Crippen LogP contribution is 2.39. The van der Waals surface area contributed by atoms with Gasteiger partial charge in [0.25, 0.3) is 0 Å². The number of ether oxygens (including phenoxy) is 10. The second-order valence-corrected chi connectivity index (χ2v) is 10.6. The smallest absolute Gasteiger partial charge is 0.305 e. The molecule has 3 saturated heterocycles. The van der Waals surface area contributed by atoms with E-state index in [1.807, 2.05) is 6.07 Å². The number of carbonyl (C=O) groups is 5. The lowest BCUT2D eigenvalue weighted by Crippen LogP contribution is -2.67. The molecule has 0 aliphatic carbocycles. The van der Waals surface area contributed by atoms with Gasteiger partial charge in [0.15, 0.2) is 30.9 Å². The Kier molecular flexibility index (Phi) is 11.7. The molecule has 0 spiro atoms. The van der Waals surface area contributed by atoms with Crippen LogP contribution in [0.15, 0.2) is 35.5 Å². The van der Waals surface area contributed by atoms with Crippen molar-refractivity contribution in [1.29, 1.82) is 0 Å². The third kappa shape index (κ3) is 8.61. The van der Waals surface area contributed by atoms with E-state index in [0.29, 0.717) is 5.56 Å². The van der Waals surface area contributed by atoms with Gasteiger partial charge in [-0.05, 0) is 0 Å². The molecule has 0 saturated carbocycles. The van der Waals surface area contributed by atoms with Crippen molar-refractivity contribution >= 4 is 29.8 Å². The van der Waals surface area contributed by atoms with E-state index in [4.69, 9.17) is 47.4 Å². The third-order valence-electron chi connectivity index (χ3n) is 6.98. The second-order valence-electron chi connectivity index (χ2n) is 10.6. The normalized spacial score (nSPS) is 33.8. The van der Waals surface area contributed by atoms with Crippen molar-refractivity contribution < 1.29 is 71.3 Å². The number of esters is 5. The van der Waals surface area contributed by atoms with Gasteiger partial charge in [0.05, 0.1) is 6.61 Å². The number of fused-ring (bicyclic) bond motifs is 1. The van der Waals surface area contributed by atoms with Gasteiger partial charge in [-0.1, -0.05) is 35.5 Å². The predicted octanol–water partition coefficient (Wildman–Crippen LogP) is 0.992. The summed E-state index contributed by atoms with van der Waals surface area (Å²) in [5, 5.41) is 2.86. The monoisotopic (exact) mass is 653 g/mol. The lowest BCUT2D eigenvalue weighted by atomic mass is 9.95. The first-order valence-electron chi connectivity index (χ1n) is 14.3. The maximum Gasteiger partial charge on any atom is 0.305 e. The highest BCUT2D eigenvalue weighted by molar-refractivity contribution is 5.69. The number of benzene rings is 1. The topological polar surface area (TPSA) is 207 Å². The van der Waals surface area contributed by atoms with Crippen LogP contribution >= 0.6 is 0 Å². The third-order valence-corrected chi connectivity index (χ3v) is 6.98. The van der Waals surface area contributed by atoms with Crippen LogP contribution in [0.1, 0.15) is 46.5 Å². The van der Waals surface area contributed by atoms with Crippen LogP contribution in [-0.4, -0.2) is 104 Å². The molecule has 0 radical (unpaired) electrons. The molecule has 4 rings (SSSR count). The molecule has 0 bridgehead atoms. The summed E-state index contributed by atoms with van der Waals surface area (Å²) in [6.07, 6.45) is -14.9. The summed E-state index contributed by atoms with van der Waals surface area (Å²) in [6.45, 7) is 4.72. The predicted molar refractivity (Wildman–Crippen MR) is 147 cm³/mol. The zero-order valence-corrected chi connectivity index (χ0v) is 25.6. The van der Waals surface area contributed by atoms with Crippen LogP contribution in [0.3, 0.4) is 0 Å². The first-order valence-corrected chi connectivity index (χ1v) is 14.3. The molecule has 3 aliphatic rings. The van der Waals surface area contributed by atoms with Crippen LogP contribution in [0.25, 0.3) is 0 Å². The molecular formula is C29H35NO16. The fourth-order valence-electron chi connectivity index (χ4n) is 5.40. The highest BCUT2D eigenvalue weighted by atomic mass is 16.8. The first kappa shape index (κ1) is 34.8. The summed E-state index contributed by atoms with van der Waals surface area (Å²) < 4.78 is 57.3. The lowest BCUT2D eigenvalue weighted by molar-refractivity contribution is -0.383. The fourth-order valence-corrected chi connectivity index (χ4v) is 5.40. The van der Waals surface area contributed by atoms with Crippen molar-refractivity contribution in [2.24, 2.45) is 5.18 Å². The average molecular weight is 654 g/mol. The van der Waals surface area contributed by atoms with Crippen LogP contribution in [0, 0.1) is 4.91 Å². The Bertz CT molecular complexity index is 1270. The zero-order chi connectivity index (χ0) is 33.5. The number of nitroso groups, excluding NO2 is 1. The van der Waals surface area contributed by atoms with Gasteiger partial charge < -0.3 is 47.4 Å². The van der Waals surface area contributed by atoms with E-state index in [9.17, 15) is 28.9 Å². The Hall–Kier alpha value is -4.03. The summed E-state index contributed by atoms with van der Waals surface area (Å²) in [6, 6.07) is 8.92. The van der Waals surface area contributed by atoms with Gasteiger partial charge in [-0.2, -0.15) is 4.91 Å². The summed E-state index contributed by atoms with van der Waals surface area (Å²) >= 11 is 0. The summed E-state index contributed by atoms with van der Waals surface area (Å²) in [5.41, 5.74) is 0.663. The summed E-state index contributed by atoms with van der Waals surface area (Å²) in [7, 11) is 0. The van der Waals surface area contributed by atoms with E-state index in [2.05, 4.69) is 5.18 Å². The minimum atomic E-state index is -1.64. The largest absolute Gasteiger partial charge is 0.455 e. The van der Waals surface area contributed by atoms with Crippen LogP contribution in [0.4, 0.5) is 0 Å². The van der Waals surface area contributed by atoms with E-state index in [0.717, 1.165) is 34.6 Å². The van der Waals surface area contributed by atoms with Gasteiger partial charge in [0, 0.05) is 40.2 Å². The number of rotatable bonds is 10. The molecule has 1 aromatic rings. The Morgan fingerprint density at radius 2 is 1.22 bits per heavy atom. The number of hydrogen-bond acceptors (Lipinski definition) is 17. The molecule has 11 unspecified atom stereocenters. The van der Waals surface area contributed by atoms with E-state index in [-0.39, 0.29) is 6.61 Å². The van der Waals surface area contributed by atoms with Crippen molar-refractivity contribution in [2.45, 2.75) is 102 Å². The second kappa shape index (κ2) is 15.5. The standard InChI is InChI=1S/C29H35NO16/c1-13(31)38-23-21(19(11-30-36)43-28(42-17(5)35)25(23)40-15(3)33)46-29-26(41-16(4)34)24(39-14(2)32)22-20(44-29)12-37-27(45-22)18-9-7-6-8-10-18/h6-10,19-29H,11-12H2,1-5H3. The zero-order valence-electron chi connectivity index (χ0n) is 25.6. The molecule has 11 atom stereocenters. The van der Waals surface area contributed by atoms with Gasteiger partial charge >= 0.3 is 29.8 Å². The first-order chi connectivity index (χ1) is 21.9. The number of nitrogens with zero attached hydrogens (tertiary/aromatic N) is 1. The molecule has 1 aromatic carbocycles. The van der Waals surface area contributed by atoms with Gasteiger partial charge in [-0.3, -0.25) is 24.0 Å². The Morgan fingerprint density at radius 3 is 1.78 bits per heavy atom. The molecule has 0 amide bonds. The molecule has 3 fully saturated rings.